The zero-order chi connectivity index (χ0) is 15.2. The quantitative estimate of drug-likeness (QED) is 0.870. The third-order valence-corrected chi connectivity index (χ3v) is 3.25. The molecule has 1 aromatic heterocycles. The average Bonchev–Trinajstić information content (AvgIpc) is 2.85. The molecule has 1 aromatic carbocycles. The Hall–Kier alpha value is -1.82. The second-order valence-corrected chi connectivity index (χ2v) is 5.90. The first kappa shape index (κ1) is 15.6. The summed E-state index contributed by atoms with van der Waals surface area (Å²) in [6.07, 6.45) is 1.80. The molecule has 21 heavy (non-hydrogen) atoms. The summed E-state index contributed by atoms with van der Waals surface area (Å²) in [7, 11) is 0. The number of carbonyl (C=O) groups excluding carboxylic acids is 1. The zero-order valence-electron chi connectivity index (χ0n) is 12.0. The van der Waals surface area contributed by atoms with E-state index in [1.807, 2.05) is 44.2 Å². The van der Waals surface area contributed by atoms with E-state index in [1.165, 1.54) is 0 Å². The maximum atomic E-state index is 11.6. The molecule has 0 atom stereocenters. The third kappa shape index (κ3) is 4.60. The molecule has 0 aliphatic rings. The number of nitrogens with zero attached hydrogens (tertiary/aromatic N) is 2. The van der Waals surface area contributed by atoms with Gasteiger partial charge in [0.1, 0.15) is 0 Å². The molecule has 5 nitrogen and oxygen atoms in total. The summed E-state index contributed by atoms with van der Waals surface area (Å²) >= 11 is 3.39. The molecule has 2 aromatic rings. The normalized spacial score (nSPS) is 10.7. The van der Waals surface area contributed by atoms with Crippen LogP contribution < -0.4 is 10.1 Å². The van der Waals surface area contributed by atoms with Crippen molar-refractivity contribution in [1.82, 2.24) is 15.1 Å². The van der Waals surface area contributed by atoms with Crippen LogP contribution in [-0.4, -0.2) is 28.8 Å². The van der Waals surface area contributed by atoms with Gasteiger partial charge in [-0.05, 0) is 34.0 Å². The number of benzene rings is 1. The van der Waals surface area contributed by atoms with Gasteiger partial charge in [0.05, 0.1) is 10.2 Å². The van der Waals surface area contributed by atoms with Crippen LogP contribution in [0.3, 0.4) is 0 Å². The molecule has 0 fully saturated rings. The first-order valence-corrected chi connectivity index (χ1v) is 7.55. The molecule has 1 heterocycles. The second kappa shape index (κ2) is 7.26. The van der Waals surface area contributed by atoms with Gasteiger partial charge in [-0.2, -0.15) is 0 Å². The zero-order valence-corrected chi connectivity index (χ0v) is 13.6. The lowest BCUT2D eigenvalue weighted by Gasteiger charge is -2.07. The van der Waals surface area contributed by atoms with Crippen molar-refractivity contribution in [2.24, 2.45) is 5.92 Å². The minimum Gasteiger partial charge on any atom is -0.466 e. The average molecular weight is 352 g/mol. The van der Waals surface area contributed by atoms with Crippen molar-refractivity contribution >= 4 is 21.8 Å². The Morgan fingerprint density at radius 2 is 2.10 bits per heavy atom. The van der Waals surface area contributed by atoms with Gasteiger partial charge in [0.15, 0.2) is 6.61 Å². The summed E-state index contributed by atoms with van der Waals surface area (Å²) < 4.78 is 7.85. The summed E-state index contributed by atoms with van der Waals surface area (Å²) in [5.74, 6) is 0.668. The minimum absolute atomic E-state index is 0.0445. The minimum atomic E-state index is -0.148. The number of ether oxygens (including phenoxy) is 1. The molecule has 0 saturated heterocycles. The van der Waals surface area contributed by atoms with Crippen molar-refractivity contribution in [3.63, 3.8) is 0 Å². The van der Waals surface area contributed by atoms with E-state index in [9.17, 15) is 4.79 Å². The van der Waals surface area contributed by atoms with E-state index >= 15 is 0 Å². The summed E-state index contributed by atoms with van der Waals surface area (Å²) in [5, 5.41) is 7.11. The van der Waals surface area contributed by atoms with Crippen LogP contribution >= 0.6 is 15.9 Å². The molecule has 112 valence electrons. The Labute approximate surface area is 132 Å². The van der Waals surface area contributed by atoms with E-state index in [4.69, 9.17) is 4.74 Å². The monoisotopic (exact) mass is 351 g/mol. The number of hydrogen-bond acceptors (Lipinski definition) is 3. The number of amides is 1. The van der Waals surface area contributed by atoms with E-state index in [1.54, 1.807) is 10.9 Å². The number of carbonyl (C=O) groups is 1. The summed E-state index contributed by atoms with van der Waals surface area (Å²) in [6.45, 7) is 4.68. The van der Waals surface area contributed by atoms with Crippen LogP contribution in [0.1, 0.15) is 13.8 Å². The lowest BCUT2D eigenvalue weighted by atomic mass is 10.2. The molecule has 1 N–H and O–H groups in total. The summed E-state index contributed by atoms with van der Waals surface area (Å²) in [6, 6.07) is 9.70. The van der Waals surface area contributed by atoms with Crippen molar-refractivity contribution in [2.45, 2.75) is 13.8 Å². The molecular formula is C15H18BrN3O2. The van der Waals surface area contributed by atoms with Gasteiger partial charge < -0.3 is 10.1 Å². The van der Waals surface area contributed by atoms with Crippen LogP contribution in [0.2, 0.25) is 0 Å². The number of hydrogen-bond donors (Lipinski definition) is 1. The smallest absolute Gasteiger partial charge is 0.258 e. The maximum absolute atomic E-state index is 11.6. The van der Waals surface area contributed by atoms with Gasteiger partial charge in [0.25, 0.3) is 5.91 Å². The van der Waals surface area contributed by atoms with E-state index in [2.05, 4.69) is 26.3 Å². The van der Waals surface area contributed by atoms with Gasteiger partial charge in [-0.1, -0.05) is 32.0 Å². The summed E-state index contributed by atoms with van der Waals surface area (Å²) in [4.78, 5) is 11.6. The molecule has 0 aliphatic carbocycles. The largest absolute Gasteiger partial charge is 0.466 e. The third-order valence-electron chi connectivity index (χ3n) is 2.71. The predicted molar refractivity (Wildman–Crippen MR) is 84.6 cm³/mol. The molecular weight excluding hydrogens is 334 g/mol. The van der Waals surface area contributed by atoms with Crippen LogP contribution in [0, 0.1) is 5.92 Å². The summed E-state index contributed by atoms with van der Waals surface area (Å²) in [5.41, 5.74) is 0.928. The SMILES string of the molecule is CC(C)CNC(=O)COc1nn(-c2ccccc2)cc1Br. The Morgan fingerprint density at radius 3 is 2.76 bits per heavy atom. The van der Waals surface area contributed by atoms with Crippen LogP contribution in [0.4, 0.5) is 0 Å². The van der Waals surface area contributed by atoms with Crippen molar-refractivity contribution in [3.05, 3.63) is 41.0 Å². The fraction of sp³-hybridized carbons (Fsp3) is 0.333. The van der Waals surface area contributed by atoms with Crippen molar-refractivity contribution in [1.29, 1.82) is 0 Å². The molecule has 6 heteroatoms. The Kier molecular flexibility index (Phi) is 5.38. The van der Waals surface area contributed by atoms with Crippen LogP contribution in [0.5, 0.6) is 5.88 Å². The molecule has 0 radical (unpaired) electrons. The van der Waals surface area contributed by atoms with Crippen LogP contribution in [0.15, 0.2) is 41.0 Å². The molecule has 1 amide bonds. The molecule has 0 saturated carbocycles. The fourth-order valence-corrected chi connectivity index (χ4v) is 2.04. The number of halogens is 1. The van der Waals surface area contributed by atoms with Crippen LogP contribution in [-0.2, 0) is 4.79 Å². The molecule has 2 rings (SSSR count). The van der Waals surface area contributed by atoms with Crippen molar-refractivity contribution in [3.8, 4) is 11.6 Å². The lowest BCUT2D eigenvalue weighted by molar-refractivity contribution is -0.123. The number of nitrogens with one attached hydrogen (secondary N) is 1. The first-order chi connectivity index (χ1) is 10.1. The second-order valence-electron chi connectivity index (χ2n) is 5.05. The Morgan fingerprint density at radius 1 is 1.38 bits per heavy atom. The highest BCUT2D eigenvalue weighted by atomic mass is 79.9. The number of para-hydroxylation sites is 1. The van der Waals surface area contributed by atoms with Gasteiger partial charge in [0.2, 0.25) is 5.88 Å². The van der Waals surface area contributed by atoms with E-state index in [0.29, 0.717) is 22.8 Å². The van der Waals surface area contributed by atoms with Gasteiger partial charge in [-0.3, -0.25) is 4.79 Å². The molecule has 0 aliphatic heterocycles. The molecule has 0 spiro atoms. The van der Waals surface area contributed by atoms with Gasteiger partial charge in [0, 0.05) is 12.7 Å². The van der Waals surface area contributed by atoms with Crippen LogP contribution in [0.25, 0.3) is 5.69 Å². The number of rotatable bonds is 6. The van der Waals surface area contributed by atoms with Crippen molar-refractivity contribution in [2.75, 3.05) is 13.2 Å². The molecule has 0 unspecified atom stereocenters. The highest BCUT2D eigenvalue weighted by Crippen LogP contribution is 2.24. The first-order valence-electron chi connectivity index (χ1n) is 6.76. The standard InChI is InChI=1S/C15H18BrN3O2/c1-11(2)8-17-14(20)10-21-15-13(16)9-19(18-15)12-6-4-3-5-7-12/h3-7,9,11H,8,10H2,1-2H3,(H,17,20). The highest BCUT2D eigenvalue weighted by molar-refractivity contribution is 9.10. The fourth-order valence-electron chi connectivity index (χ4n) is 1.65. The van der Waals surface area contributed by atoms with E-state index < -0.39 is 0 Å². The predicted octanol–water partition coefficient (Wildman–Crippen LogP) is 2.79. The topological polar surface area (TPSA) is 56.1 Å². The van der Waals surface area contributed by atoms with Gasteiger partial charge in [-0.15, -0.1) is 5.10 Å². The van der Waals surface area contributed by atoms with Crippen molar-refractivity contribution < 1.29 is 9.53 Å². The number of aromatic nitrogens is 2. The maximum Gasteiger partial charge on any atom is 0.258 e. The Bertz CT molecular complexity index is 596. The lowest BCUT2D eigenvalue weighted by Crippen LogP contribution is -2.31. The molecule has 0 bridgehead atoms. The Balaban J connectivity index is 1.96. The highest BCUT2D eigenvalue weighted by Gasteiger charge is 2.11. The van der Waals surface area contributed by atoms with E-state index in [0.717, 1.165) is 5.69 Å². The van der Waals surface area contributed by atoms with E-state index in [-0.39, 0.29) is 12.5 Å². The van der Waals surface area contributed by atoms with Gasteiger partial charge in [-0.25, -0.2) is 4.68 Å². The van der Waals surface area contributed by atoms with Gasteiger partial charge >= 0.3 is 0 Å².